The molecule has 0 saturated carbocycles. The summed E-state index contributed by atoms with van der Waals surface area (Å²) in [5, 5.41) is 11.5. The topological polar surface area (TPSA) is 54.9 Å². The summed E-state index contributed by atoms with van der Waals surface area (Å²) in [7, 11) is 0. The van der Waals surface area contributed by atoms with Crippen molar-refractivity contribution in [1.29, 1.82) is 0 Å². The molecule has 0 bridgehead atoms. The smallest absolute Gasteiger partial charge is 0.236 e. The minimum atomic E-state index is -0.355. The standard InChI is InChI=1S/C14H15ClFN3OS3/c1-2-6-22-14-19-18-13(23-14)17-12(20)8-21-7-9-10(15)4-3-5-11(9)16/h3-5H,2,6-8H2,1H3,(H,17,18,20). The van der Waals surface area contributed by atoms with Crippen LogP contribution in [-0.2, 0) is 10.5 Å². The summed E-state index contributed by atoms with van der Waals surface area (Å²) in [5.41, 5.74) is 0.418. The largest absolute Gasteiger partial charge is 0.300 e. The fourth-order valence-electron chi connectivity index (χ4n) is 1.58. The molecular formula is C14H15ClFN3OS3. The van der Waals surface area contributed by atoms with Crippen LogP contribution < -0.4 is 5.32 Å². The van der Waals surface area contributed by atoms with Gasteiger partial charge in [-0.15, -0.1) is 22.0 Å². The van der Waals surface area contributed by atoms with Crippen molar-refractivity contribution in [3.8, 4) is 0 Å². The number of halogens is 2. The SMILES string of the molecule is CCCSc1nnc(NC(=O)CSCc2c(F)cccc2Cl)s1. The molecule has 2 aromatic rings. The maximum Gasteiger partial charge on any atom is 0.236 e. The highest BCUT2D eigenvalue weighted by atomic mass is 35.5. The van der Waals surface area contributed by atoms with Gasteiger partial charge in [0, 0.05) is 22.1 Å². The first-order chi connectivity index (χ1) is 11.1. The summed E-state index contributed by atoms with van der Waals surface area (Å²) in [5.74, 6) is 0.966. The molecule has 1 N–H and O–H groups in total. The average molecular weight is 392 g/mol. The lowest BCUT2D eigenvalue weighted by molar-refractivity contribution is -0.113. The predicted molar refractivity (Wildman–Crippen MR) is 97.1 cm³/mol. The van der Waals surface area contributed by atoms with Crippen LogP contribution in [0.15, 0.2) is 22.5 Å². The van der Waals surface area contributed by atoms with Gasteiger partial charge in [-0.1, -0.05) is 47.7 Å². The minimum absolute atomic E-state index is 0.189. The summed E-state index contributed by atoms with van der Waals surface area (Å²) < 4.78 is 14.4. The zero-order chi connectivity index (χ0) is 16.7. The number of aromatic nitrogens is 2. The van der Waals surface area contributed by atoms with Crippen LogP contribution in [0.2, 0.25) is 5.02 Å². The summed E-state index contributed by atoms with van der Waals surface area (Å²) in [4.78, 5) is 11.9. The molecule has 2 rings (SSSR count). The molecule has 0 saturated heterocycles. The van der Waals surface area contributed by atoms with E-state index in [1.807, 2.05) is 0 Å². The molecule has 1 aromatic heterocycles. The quantitative estimate of drug-likeness (QED) is 0.522. The van der Waals surface area contributed by atoms with E-state index in [-0.39, 0.29) is 17.5 Å². The molecule has 1 amide bonds. The van der Waals surface area contributed by atoms with Gasteiger partial charge in [0.25, 0.3) is 0 Å². The van der Waals surface area contributed by atoms with Gasteiger partial charge in [0.15, 0.2) is 4.34 Å². The average Bonchev–Trinajstić information content (AvgIpc) is 2.95. The third kappa shape index (κ3) is 5.95. The van der Waals surface area contributed by atoms with E-state index >= 15 is 0 Å². The van der Waals surface area contributed by atoms with Gasteiger partial charge in [0.2, 0.25) is 11.0 Å². The van der Waals surface area contributed by atoms with Crippen LogP contribution in [0, 0.1) is 5.82 Å². The predicted octanol–water partition coefficient (Wildman–Crippen LogP) is 4.70. The lowest BCUT2D eigenvalue weighted by Crippen LogP contribution is -2.14. The fourth-order valence-corrected chi connectivity index (χ4v) is 4.44. The van der Waals surface area contributed by atoms with Crippen LogP contribution >= 0.6 is 46.5 Å². The number of hydrogen-bond acceptors (Lipinski definition) is 6. The number of carbonyl (C=O) groups is 1. The van der Waals surface area contributed by atoms with Crippen LogP contribution in [0.1, 0.15) is 18.9 Å². The molecule has 9 heteroatoms. The van der Waals surface area contributed by atoms with E-state index in [1.54, 1.807) is 23.9 Å². The Morgan fingerprint density at radius 1 is 1.43 bits per heavy atom. The zero-order valence-corrected chi connectivity index (χ0v) is 15.5. The van der Waals surface area contributed by atoms with Gasteiger partial charge in [0.1, 0.15) is 5.82 Å². The molecule has 4 nitrogen and oxygen atoms in total. The first-order valence-corrected chi connectivity index (χ1v) is 10.2. The second-order valence-corrected chi connectivity index (χ2v) is 8.18. The maximum atomic E-state index is 13.6. The second kappa shape index (κ2) is 9.46. The van der Waals surface area contributed by atoms with Crippen molar-refractivity contribution in [3.63, 3.8) is 0 Å². The molecule has 0 aliphatic heterocycles. The lowest BCUT2D eigenvalue weighted by atomic mass is 10.2. The molecule has 0 spiro atoms. The van der Waals surface area contributed by atoms with Crippen molar-refractivity contribution in [2.24, 2.45) is 0 Å². The first-order valence-electron chi connectivity index (χ1n) is 6.87. The van der Waals surface area contributed by atoms with Crippen LogP contribution in [0.5, 0.6) is 0 Å². The van der Waals surface area contributed by atoms with Crippen LogP contribution in [0.3, 0.4) is 0 Å². The van der Waals surface area contributed by atoms with Gasteiger partial charge in [-0.2, -0.15) is 0 Å². The molecule has 1 aromatic carbocycles. The summed E-state index contributed by atoms with van der Waals surface area (Å²) in [6, 6.07) is 4.55. The van der Waals surface area contributed by atoms with Crippen molar-refractivity contribution in [2.75, 3.05) is 16.8 Å². The highest BCUT2D eigenvalue weighted by Crippen LogP contribution is 2.26. The van der Waals surface area contributed by atoms with E-state index in [9.17, 15) is 9.18 Å². The third-order valence-electron chi connectivity index (χ3n) is 2.62. The molecule has 0 aliphatic rings. The minimum Gasteiger partial charge on any atom is -0.300 e. The molecule has 0 radical (unpaired) electrons. The van der Waals surface area contributed by atoms with Gasteiger partial charge < -0.3 is 0 Å². The molecule has 0 aliphatic carbocycles. The number of nitrogens with zero attached hydrogens (tertiary/aromatic N) is 2. The van der Waals surface area contributed by atoms with Gasteiger partial charge >= 0.3 is 0 Å². The van der Waals surface area contributed by atoms with Gasteiger partial charge in [-0.3, -0.25) is 10.1 Å². The zero-order valence-electron chi connectivity index (χ0n) is 12.3. The molecule has 0 fully saturated rings. The Hall–Kier alpha value is -0.830. The number of rotatable bonds is 8. The number of thioether (sulfide) groups is 2. The van der Waals surface area contributed by atoms with E-state index < -0.39 is 0 Å². The number of nitrogens with one attached hydrogen (secondary N) is 1. The van der Waals surface area contributed by atoms with Crippen molar-refractivity contribution in [2.45, 2.75) is 23.4 Å². The van der Waals surface area contributed by atoms with Gasteiger partial charge in [0.05, 0.1) is 5.75 Å². The Bertz CT molecular complexity index is 648. The van der Waals surface area contributed by atoms with Crippen LogP contribution in [-0.4, -0.2) is 27.6 Å². The Balaban J connectivity index is 1.78. The van der Waals surface area contributed by atoms with E-state index in [1.165, 1.54) is 29.2 Å². The molecule has 0 unspecified atom stereocenters. The monoisotopic (exact) mass is 391 g/mol. The number of hydrogen-bond donors (Lipinski definition) is 1. The van der Waals surface area contributed by atoms with Crippen LogP contribution in [0.25, 0.3) is 0 Å². The summed E-state index contributed by atoms with van der Waals surface area (Å²) in [6.07, 6.45) is 1.06. The third-order valence-corrected chi connectivity index (χ3v) is 6.11. The fraction of sp³-hybridized carbons (Fsp3) is 0.357. The van der Waals surface area contributed by atoms with E-state index in [0.717, 1.165) is 16.5 Å². The Kier molecular flexibility index (Phi) is 7.61. The molecule has 124 valence electrons. The van der Waals surface area contributed by atoms with E-state index in [4.69, 9.17) is 11.6 Å². The second-order valence-electron chi connectivity index (χ2n) is 4.46. The van der Waals surface area contributed by atoms with Crippen molar-refractivity contribution in [3.05, 3.63) is 34.6 Å². The molecule has 1 heterocycles. The number of amides is 1. The van der Waals surface area contributed by atoms with Crippen LogP contribution in [0.4, 0.5) is 9.52 Å². The van der Waals surface area contributed by atoms with Crippen molar-refractivity contribution >= 4 is 57.5 Å². The van der Waals surface area contributed by atoms with Crippen molar-refractivity contribution < 1.29 is 9.18 Å². The van der Waals surface area contributed by atoms with E-state index in [0.29, 0.717) is 21.5 Å². The Morgan fingerprint density at radius 3 is 3.00 bits per heavy atom. The number of carbonyl (C=O) groups excluding carboxylic acids is 1. The normalized spacial score (nSPS) is 10.7. The Labute approximate surface area is 151 Å². The Morgan fingerprint density at radius 2 is 2.26 bits per heavy atom. The molecule has 0 atom stereocenters. The highest BCUT2D eigenvalue weighted by Gasteiger charge is 2.11. The maximum absolute atomic E-state index is 13.6. The number of anilines is 1. The van der Waals surface area contributed by atoms with Crippen molar-refractivity contribution in [1.82, 2.24) is 10.2 Å². The first kappa shape index (κ1) is 18.5. The van der Waals surface area contributed by atoms with E-state index in [2.05, 4.69) is 22.4 Å². The summed E-state index contributed by atoms with van der Waals surface area (Å²) >= 11 is 10.2. The van der Waals surface area contributed by atoms with Gasteiger partial charge in [-0.25, -0.2) is 4.39 Å². The number of benzene rings is 1. The lowest BCUT2D eigenvalue weighted by Gasteiger charge is -2.05. The summed E-state index contributed by atoms with van der Waals surface area (Å²) in [6.45, 7) is 2.09. The molecule has 23 heavy (non-hydrogen) atoms. The molecular weight excluding hydrogens is 377 g/mol. The van der Waals surface area contributed by atoms with Gasteiger partial charge in [-0.05, 0) is 18.6 Å². The highest BCUT2D eigenvalue weighted by molar-refractivity contribution is 8.01.